The van der Waals surface area contributed by atoms with E-state index in [0.29, 0.717) is 17.4 Å². The van der Waals surface area contributed by atoms with Crippen LogP contribution in [0.25, 0.3) is 10.2 Å². The topological polar surface area (TPSA) is 81.9 Å². The first-order chi connectivity index (χ1) is 12.5. The Bertz CT molecular complexity index is 918. The van der Waals surface area contributed by atoms with E-state index in [0.717, 1.165) is 40.5 Å². The molecule has 1 unspecified atom stereocenters. The standard InChI is InChI=1S/C18H23N5O2S/c1-5-25-18(24)15-12(3)14-16(21-10-22-17(14)26-15)20-8-11(2)9-23-7-6-19-13(23)4/h6-7,10-11H,5,8-9H2,1-4H3,(H,20,21,22). The van der Waals surface area contributed by atoms with Crippen molar-refractivity contribution in [2.45, 2.75) is 34.2 Å². The lowest BCUT2D eigenvalue weighted by molar-refractivity contribution is 0.0531. The number of carbonyl (C=O) groups excluding carboxylic acids is 1. The summed E-state index contributed by atoms with van der Waals surface area (Å²) >= 11 is 1.35. The number of fused-ring (bicyclic) bond motifs is 1. The quantitative estimate of drug-likeness (QED) is 0.639. The van der Waals surface area contributed by atoms with Crippen LogP contribution in [0.5, 0.6) is 0 Å². The zero-order valence-electron chi connectivity index (χ0n) is 15.4. The first-order valence-electron chi connectivity index (χ1n) is 8.64. The predicted octanol–water partition coefficient (Wildman–Crippen LogP) is 3.43. The lowest BCUT2D eigenvalue weighted by atomic mass is 10.1. The van der Waals surface area contributed by atoms with Crippen molar-refractivity contribution in [2.75, 3.05) is 18.5 Å². The molecule has 0 bridgehead atoms. The fraction of sp³-hybridized carbons (Fsp3) is 0.444. The minimum Gasteiger partial charge on any atom is -0.462 e. The molecular weight excluding hydrogens is 350 g/mol. The summed E-state index contributed by atoms with van der Waals surface area (Å²) in [6.45, 7) is 9.88. The largest absolute Gasteiger partial charge is 0.462 e. The van der Waals surface area contributed by atoms with Crippen LogP contribution < -0.4 is 5.32 Å². The van der Waals surface area contributed by atoms with Crippen molar-refractivity contribution < 1.29 is 9.53 Å². The van der Waals surface area contributed by atoms with Gasteiger partial charge < -0.3 is 14.6 Å². The average Bonchev–Trinajstić information content (AvgIpc) is 3.17. The third-order valence-corrected chi connectivity index (χ3v) is 5.42. The number of esters is 1. The number of imidazole rings is 1. The number of hydrogen-bond acceptors (Lipinski definition) is 7. The maximum Gasteiger partial charge on any atom is 0.348 e. The average molecular weight is 373 g/mol. The van der Waals surface area contributed by atoms with Gasteiger partial charge in [-0.2, -0.15) is 0 Å². The zero-order chi connectivity index (χ0) is 18.7. The number of carbonyl (C=O) groups is 1. The molecule has 0 aromatic carbocycles. The van der Waals surface area contributed by atoms with Gasteiger partial charge in [-0.25, -0.2) is 19.7 Å². The minimum absolute atomic E-state index is 0.303. The molecule has 0 aliphatic heterocycles. The highest BCUT2D eigenvalue weighted by Crippen LogP contribution is 2.33. The van der Waals surface area contributed by atoms with Crippen molar-refractivity contribution in [3.05, 3.63) is 35.0 Å². The Hall–Kier alpha value is -2.48. The van der Waals surface area contributed by atoms with Crippen LogP contribution in [-0.2, 0) is 11.3 Å². The highest BCUT2D eigenvalue weighted by molar-refractivity contribution is 7.20. The van der Waals surface area contributed by atoms with Gasteiger partial charge in [-0.05, 0) is 32.3 Å². The molecule has 3 aromatic rings. The molecule has 0 saturated carbocycles. The van der Waals surface area contributed by atoms with Gasteiger partial charge in [0.25, 0.3) is 0 Å². The Morgan fingerprint density at radius 2 is 2.15 bits per heavy atom. The van der Waals surface area contributed by atoms with Crippen LogP contribution in [0, 0.1) is 19.8 Å². The van der Waals surface area contributed by atoms with Gasteiger partial charge in [-0.3, -0.25) is 0 Å². The van der Waals surface area contributed by atoms with Crippen molar-refractivity contribution in [1.29, 1.82) is 0 Å². The summed E-state index contributed by atoms with van der Waals surface area (Å²) < 4.78 is 7.28. The highest BCUT2D eigenvalue weighted by Gasteiger charge is 2.20. The van der Waals surface area contributed by atoms with Crippen LogP contribution in [0.15, 0.2) is 18.7 Å². The number of nitrogens with one attached hydrogen (secondary N) is 1. The Kier molecular flexibility index (Phi) is 5.51. The first kappa shape index (κ1) is 18.3. The summed E-state index contributed by atoms with van der Waals surface area (Å²) in [7, 11) is 0. The van der Waals surface area contributed by atoms with Gasteiger partial charge >= 0.3 is 5.97 Å². The van der Waals surface area contributed by atoms with Crippen LogP contribution >= 0.6 is 11.3 Å². The first-order valence-corrected chi connectivity index (χ1v) is 9.45. The monoisotopic (exact) mass is 373 g/mol. The second kappa shape index (κ2) is 7.82. The Balaban J connectivity index is 1.77. The number of thiophene rings is 1. The molecule has 3 rings (SSSR count). The molecule has 0 aliphatic rings. The molecule has 0 amide bonds. The second-order valence-electron chi connectivity index (χ2n) is 6.29. The zero-order valence-corrected chi connectivity index (χ0v) is 16.3. The fourth-order valence-electron chi connectivity index (χ4n) is 2.86. The number of anilines is 1. The van der Waals surface area contributed by atoms with Gasteiger partial charge in [-0.15, -0.1) is 11.3 Å². The number of ether oxygens (including phenoxy) is 1. The van der Waals surface area contributed by atoms with E-state index < -0.39 is 0 Å². The second-order valence-corrected chi connectivity index (χ2v) is 7.29. The lowest BCUT2D eigenvalue weighted by Gasteiger charge is -2.15. The van der Waals surface area contributed by atoms with E-state index in [1.54, 1.807) is 6.92 Å². The number of rotatable bonds is 7. The summed E-state index contributed by atoms with van der Waals surface area (Å²) in [4.78, 5) is 26.5. The van der Waals surface area contributed by atoms with E-state index in [1.165, 1.54) is 17.7 Å². The van der Waals surface area contributed by atoms with E-state index in [-0.39, 0.29) is 5.97 Å². The van der Waals surface area contributed by atoms with Crippen LogP contribution in [0.2, 0.25) is 0 Å². The molecule has 1 atom stereocenters. The number of hydrogen-bond donors (Lipinski definition) is 1. The molecule has 0 fully saturated rings. The van der Waals surface area contributed by atoms with Gasteiger partial charge in [-0.1, -0.05) is 6.92 Å². The molecule has 0 aliphatic carbocycles. The third kappa shape index (κ3) is 3.70. The number of aryl methyl sites for hydroxylation is 2. The summed E-state index contributed by atoms with van der Waals surface area (Å²) in [6, 6.07) is 0. The van der Waals surface area contributed by atoms with E-state index in [1.807, 2.05) is 26.2 Å². The molecule has 3 aromatic heterocycles. The Labute approximate surface area is 156 Å². The Morgan fingerprint density at radius 1 is 1.35 bits per heavy atom. The van der Waals surface area contributed by atoms with Crippen molar-refractivity contribution >= 4 is 33.3 Å². The van der Waals surface area contributed by atoms with Crippen LogP contribution in [0.1, 0.15) is 34.9 Å². The highest BCUT2D eigenvalue weighted by atomic mass is 32.1. The van der Waals surface area contributed by atoms with Gasteiger partial charge in [0.05, 0.1) is 12.0 Å². The summed E-state index contributed by atoms with van der Waals surface area (Å²) in [5.41, 5.74) is 0.865. The van der Waals surface area contributed by atoms with Crippen molar-refractivity contribution in [2.24, 2.45) is 5.92 Å². The SMILES string of the molecule is CCOC(=O)c1sc2ncnc(NCC(C)Cn3ccnc3C)c2c1C. The minimum atomic E-state index is -0.303. The van der Waals surface area contributed by atoms with Crippen LogP contribution in [0.4, 0.5) is 5.82 Å². The van der Waals surface area contributed by atoms with E-state index in [4.69, 9.17) is 4.74 Å². The fourth-order valence-corrected chi connectivity index (χ4v) is 3.91. The maximum atomic E-state index is 12.1. The van der Waals surface area contributed by atoms with E-state index in [2.05, 4.69) is 31.8 Å². The van der Waals surface area contributed by atoms with Gasteiger partial charge in [0.2, 0.25) is 0 Å². The van der Waals surface area contributed by atoms with Gasteiger partial charge in [0.15, 0.2) is 0 Å². The van der Waals surface area contributed by atoms with Crippen molar-refractivity contribution in [1.82, 2.24) is 19.5 Å². The smallest absolute Gasteiger partial charge is 0.348 e. The third-order valence-electron chi connectivity index (χ3n) is 4.24. The Morgan fingerprint density at radius 3 is 2.85 bits per heavy atom. The molecule has 0 spiro atoms. The molecule has 8 heteroatoms. The molecule has 0 saturated heterocycles. The van der Waals surface area contributed by atoms with E-state index >= 15 is 0 Å². The molecular formula is C18H23N5O2S. The molecule has 3 heterocycles. The summed E-state index contributed by atoms with van der Waals surface area (Å²) in [5, 5.41) is 4.31. The lowest BCUT2D eigenvalue weighted by Crippen LogP contribution is -2.18. The maximum absolute atomic E-state index is 12.1. The number of aromatic nitrogens is 4. The summed E-state index contributed by atoms with van der Waals surface area (Å²) in [5.74, 6) is 1.85. The molecule has 26 heavy (non-hydrogen) atoms. The van der Waals surface area contributed by atoms with Gasteiger partial charge in [0, 0.05) is 25.5 Å². The van der Waals surface area contributed by atoms with Crippen LogP contribution in [0.3, 0.4) is 0 Å². The number of nitrogens with zero attached hydrogens (tertiary/aromatic N) is 4. The van der Waals surface area contributed by atoms with Crippen molar-refractivity contribution in [3.63, 3.8) is 0 Å². The predicted molar refractivity (Wildman–Crippen MR) is 103 cm³/mol. The summed E-state index contributed by atoms with van der Waals surface area (Å²) in [6.07, 6.45) is 5.33. The molecule has 138 valence electrons. The normalized spacial score (nSPS) is 12.3. The van der Waals surface area contributed by atoms with Crippen LogP contribution in [-0.4, -0.2) is 38.6 Å². The van der Waals surface area contributed by atoms with Gasteiger partial charge in [0.1, 0.15) is 27.7 Å². The van der Waals surface area contributed by atoms with Crippen molar-refractivity contribution in [3.8, 4) is 0 Å². The van der Waals surface area contributed by atoms with E-state index in [9.17, 15) is 4.79 Å². The molecule has 7 nitrogen and oxygen atoms in total. The molecule has 0 radical (unpaired) electrons. The molecule has 1 N–H and O–H groups in total.